The van der Waals surface area contributed by atoms with Crippen molar-refractivity contribution in [2.45, 2.75) is 11.4 Å². The SMILES string of the molecule is CN(C)C(=O)CN(C)S(=O)(=O)c1ccc(CN)c(Cl)c1. The molecular weight excluding hydrogens is 302 g/mol. The number of benzene rings is 1. The molecule has 0 aliphatic carbocycles. The van der Waals surface area contributed by atoms with E-state index in [-0.39, 0.29) is 23.9 Å². The predicted molar refractivity (Wildman–Crippen MR) is 77.9 cm³/mol. The number of sulfonamides is 1. The van der Waals surface area contributed by atoms with Crippen molar-refractivity contribution < 1.29 is 13.2 Å². The van der Waals surface area contributed by atoms with Gasteiger partial charge in [0.05, 0.1) is 11.4 Å². The molecule has 8 heteroatoms. The third-order valence-electron chi connectivity index (χ3n) is 2.81. The molecule has 0 saturated heterocycles. The number of hydrogen-bond donors (Lipinski definition) is 1. The molecule has 0 aromatic heterocycles. The van der Waals surface area contributed by atoms with E-state index in [1.807, 2.05) is 0 Å². The Balaban J connectivity index is 3.04. The van der Waals surface area contributed by atoms with Crippen molar-refractivity contribution in [2.75, 3.05) is 27.7 Å². The molecule has 0 heterocycles. The Morgan fingerprint density at radius 2 is 1.90 bits per heavy atom. The molecule has 0 atom stereocenters. The molecule has 0 radical (unpaired) electrons. The Morgan fingerprint density at radius 1 is 1.30 bits per heavy atom. The Labute approximate surface area is 124 Å². The molecule has 0 aliphatic rings. The third-order valence-corrected chi connectivity index (χ3v) is 4.96. The Bertz CT molecular complexity index is 602. The molecule has 0 aliphatic heterocycles. The van der Waals surface area contributed by atoms with Crippen molar-refractivity contribution in [3.8, 4) is 0 Å². The van der Waals surface area contributed by atoms with Crippen LogP contribution in [0.15, 0.2) is 23.1 Å². The molecule has 0 unspecified atom stereocenters. The molecule has 1 aromatic rings. The molecule has 0 saturated carbocycles. The summed E-state index contributed by atoms with van der Waals surface area (Å²) in [5, 5.41) is 0.293. The first-order chi connectivity index (χ1) is 9.20. The minimum Gasteiger partial charge on any atom is -0.348 e. The molecule has 20 heavy (non-hydrogen) atoms. The molecule has 6 nitrogen and oxygen atoms in total. The van der Waals surface area contributed by atoms with Crippen LogP contribution in [0.5, 0.6) is 0 Å². The quantitative estimate of drug-likeness (QED) is 0.857. The van der Waals surface area contributed by atoms with E-state index >= 15 is 0 Å². The van der Waals surface area contributed by atoms with Crippen LogP contribution in [0.1, 0.15) is 5.56 Å². The van der Waals surface area contributed by atoms with E-state index in [0.717, 1.165) is 4.31 Å². The van der Waals surface area contributed by atoms with Gasteiger partial charge in [-0.05, 0) is 17.7 Å². The van der Waals surface area contributed by atoms with Crippen LogP contribution in [0.3, 0.4) is 0 Å². The summed E-state index contributed by atoms with van der Waals surface area (Å²) < 4.78 is 25.6. The average molecular weight is 320 g/mol. The van der Waals surface area contributed by atoms with Crippen molar-refractivity contribution in [1.82, 2.24) is 9.21 Å². The van der Waals surface area contributed by atoms with Gasteiger partial charge < -0.3 is 10.6 Å². The fourth-order valence-corrected chi connectivity index (χ4v) is 2.92. The molecule has 1 amide bonds. The Kier molecular flexibility index (Phi) is 5.52. The number of amides is 1. The number of likely N-dealkylation sites (N-methyl/N-ethyl adjacent to an activating group) is 2. The maximum atomic E-state index is 12.3. The zero-order valence-corrected chi connectivity index (χ0v) is 13.2. The highest BCUT2D eigenvalue weighted by Crippen LogP contribution is 2.22. The van der Waals surface area contributed by atoms with E-state index in [1.165, 1.54) is 24.1 Å². The van der Waals surface area contributed by atoms with E-state index in [2.05, 4.69) is 0 Å². The van der Waals surface area contributed by atoms with Crippen LogP contribution in [-0.4, -0.2) is 51.2 Å². The van der Waals surface area contributed by atoms with Gasteiger partial charge in [0.25, 0.3) is 0 Å². The monoisotopic (exact) mass is 319 g/mol. The minimum absolute atomic E-state index is 0.0359. The number of nitrogens with two attached hydrogens (primary N) is 1. The number of carbonyl (C=O) groups excluding carboxylic acids is 1. The average Bonchev–Trinajstić information content (AvgIpc) is 2.38. The number of rotatable bonds is 5. The van der Waals surface area contributed by atoms with Gasteiger partial charge in [0, 0.05) is 32.7 Å². The maximum Gasteiger partial charge on any atom is 0.243 e. The van der Waals surface area contributed by atoms with Gasteiger partial charge in [-0.25, -0.2) is 8.42 Å². The molecule has 1 aromatic carbocycles. The zero-order valence-electron chi connectivity index (χ0n) is 11.6. The zero-order chi connectivity index (χ0) is 15.5. The molecule has 0 spiro atoms. The summed E-state index contributed by atoms with van der Waals surface area (Å²) in [5.74, 6) is -0.305. The van der Waals surface area contributed by atoms with Gasteiger partial charge in [0.2, 0.25) is 15.9 Å². The predicted octanol–water partition coefficient (Wildman–Crippen LogP) is 0.507. The van der Waals surface area contributed by atoms with Crippen molar-refractivity contribution in [3.63, 3.8) is 0 Å². The summed E-state index contributed by atoms with van der Waals surface area (Å²) in [6, 6.07) is 4.34. The normalized spacial score (nSPS) is 11.7. The lowest BCUT2D eigenvalue weighted by Gasteiger charge is -2.19. The second kappa shape index (κ2) is 6.53. The van der Waals surface area contributed by atoms with E-state index in [9.17, 15) is 13.2 Å². The van der Waals surface area contributed by atoms with E-state index in [1.54, 1.807) is 20.2 Å². The fourth-order valence-electron chi connectivity index (χ4n) is 1.45. The number of hydrogen-bond acceptors (Lipinski definition) is 4. The van der Waals surface area contributed by atoms with Crippen molar-refractivity contribution in [2.24, 2.45) is 5.73 Å². The van der Waals surface area contributed by atoms with Crippen LogP contribution in [0.4, 0.5) is 0 Å². The van der Waals surface area contributed by atoms with Crippen molar-refractivity contribution in [3.05, 3.63) is 28.8 Å². The summed E-state index contributed by atoms with van der Waals surface area (Å²) in [7, 11) is 0.725. The summed E-state index contributed by atoms with van der Waals surface area (Å²) in [6.45, 7) is -0.000289. The van der Waals surface area contributed by atoms with Gasteiger partial charge in [0.1, 0.15) is 0 Å². The molecule has 0 bridgehead atoms. The van der Waals surface area contributed by atoms with Gasteiger partial charge in [-0.15, -0.1) is 0 Å². The van der Waals surface area contributed by atoms with Crippen molar-refractivity contribution >= 4 is 27.5 Å². The van der Waals surface area contributed by atoms with Crippen LogP contribution < -0.4 is 5.73 Å². The Morgan fingerprint density at radius 3 is 2.35 bits per heavy atom. The molecular formula is C12H18ClN3O3S. The van der Waals surface area contributed by atoms with Crippen LogP contribution >= 0.6 is 11.6 Å². The maximum absolute atomic E-state index is 12.3. The highest BCUT2D eigenvalue weighted by Gasteiger charge is 2.24. The van der Waals surface area contributed by atoms with Gasteiger partial charge in [-0.3, -0.25) is 4.79 Å². The van der Waals surface area contributed by atoms with Gasteiger partial charge in [-0.1, -0.05) is 17.7 Å². The lowest BCUT2D eigenvalue weighted by Crippen LogP contribution is -2.37. The first-order valence-electron chi connectivity index (χ1n) is 5.85. The summed E-state index contributed by atoms with van der Waals surface area (Å²) in [4.78, 5) is 12.9. The topological polar surface area (TPSA) is 83.7 Å². The second-order valence-corrected chi connectivity index (χ2v) is 6.96. The van der Waals surface area contributed by atoms with Crippen LogP contribution in [-0.2, 0) is 21.4 Å². The van der Waals surface area contributed by atoms with Gasteiger partial charge in [-0.2, -0.15) is 4.31 Å². The van der Waals surface area contributed by atoms with E-state index < -0.39 is 10.0 Å². The molecule has 1 rings (SSSR count). The number of nitrogens with zero attached hydrogens (tertiary/aromatic N) is 2. The minimum atomic E-state index is -3.75. The molecule has 0 fully saturated rings. The first-order valence-corrected chi connectivity index (χ1v) is 7.67. The number of carbonyl (C=O) groups is 1. The highest BCUT2D eigenvalue weighted by atomic mass is 35.5. The van der Waals surface area contributed by atoms with E-state index in [4.69, 9.17) is 17.3 Å². The smallest absolute Gasteiger partial charge is 0.243 e. The third kappa shape index (κ3) is 3.69. The lowest BCUT2D eigenvalue weighted by molar-refractivity contribution is -0.128. The number of halogens is 1. The summed E-state index contributed by atoms with van der Waals surface area (Å²) in [6.07, 6.45) is 0. The standard InChI is InChI=1S/C12H18ClN3O3S/c1-15(2)12(17)8-16(3)20(18,19)10-5-4-9(7-14)11(13)6-10/h4-6H,7-8,14H2,1-3H3. The second-order valence-electron chi connectivity index (χ2n) is 4.51. The lowest BCUT2D eigenvalue weighted by atomic mass is 10.2. The molecule has 112 valence electrons. The highest BCUT2D eigenvalue weighted by molar-refractivity contribution is 7.89. The van der Waals surface area contributed by atoms with Crippen LogP contribution in [0.25, 0.3) is 0 Å². The fraction of sp³-hybridized carbons (Fsp3) is 0.417. The van der Waals surface area contributed by atoms with Crippen molar-refractivity contribution in [1.29, 1.82) is 0 Å². The van der Waals surface area contributed by atoms with Crippen LogP contribution in [0.2, 0.25) is 5.02 Å². The summed E-state index contributed by atoms with van der Waals surface area (Å²) in [5.41, 5.74) is 6.14. The molecule has 2 N–H and O–H groups in total. The van der Waals surface area contributed by atoms with Gasteiger partial charge in [0.15, 0.2) is 0 Å². The first kappa shape index (κ1) is 16.9. The van der Waals surface area contributed by atoms with Gasteiger partial charge >= 0.3 is 0 Å². The Hall–Kier alpha value is -1.15. The largest absolute Gasteiger partial charge is 0.348 e. The van der Waals surface area contributed by atoms with E-state index in [0.29, 0.717) is 10.6 Å². The summed E-state index contributed by atoms with van der Waals surface area (Å²) >= 11 is 5.96. The van der Waals surface area contributed by atoms with Crippen LogP contribution in [0, 0.1) is 0 Å².